The molecule has 0 unspecified atom stereocenters. The molecule has 2 amide bonds. The first-order valence-corrected chi connectivity index (χ1v) is 9.00. The molecule has 28 heavy (non-hydrogen) atoms. The van der Waals surface area contributed by atoms with E-state index in [1.807, 2.05) is 6.92 Å². The molecule has 11 heteroatoms. The predicted octanol–water partition coefficient (Wildman–Crippen LogP) is 2.38. The first kappa shape index (κ1) is 21.3. The van der Waals surface area contributed by atoms with Crippen LogP contribution < -0.4 is 20.9 Å². The summed E-state index contributed by atoms with van der Waals surface area (Å²) in [6, 6.07) is 10.4. The third-order valence-electron chi connectivity index (χ3n) is 3.39. The SMILES string of the molecule is Cc1ccc(C(=O)NC(=S)NNC(=O)COc2ccc([N+](=O)[O-])cc2)cc1Br. The Morgan fingerprint density at radius 3 is 2.46 bits per heavy atom. The highest BCUT2D eigenvalue weighted by atomic mass is 79.9. The number of hydrogen-bond acceptors (Lipinski definition) is 6. The molecule has 0 atom stereocenters. The average molecular weight is 467 g/mol. The minimum atomic E-state index is -0.562. The van der Waals surface area contributed by atoms with Gasteiger partial charge in [0.15, 0.2) is 11.7 Å². The van der Waals surface area contributed by atoms with Gasteiger partial charge in [-0.3, -0.25) is 35.9 Å². The number of aryl methyl sites for hydroxylation is 1. The van der Waals surface area contributed by atoms with Gasteiger partial charge in [-0.15, -0.1) is 0 Å². The van der Waals surface area contributed by atoms with Crippen molar-refractivity contribution in [3.05, 3.63) is 68.2 Å². The maximum absolute atomic E-state index is 12.1. The lowest BCUT2D eigenvalue weighted by atomic mass is 10.1. The number of ether oxygens (including phenoxy) is 1. The van der Waals surface area contributed by atoms with E-state index < -0.39 is 16.7 Å². The summed E-state index contributed by atoms with van der Waals surface area (Å²) in [6.45, 7) is 1.54. The van der Waals surface area contributed by atoms with Crippen LogP contribution in [0.4, 0.5) is 5.69 Å². The lowest BCUT2D eigenvalue weighted by Crippen LogP contribution is -2.49. The van der Waals surface area contributed by atoms with Gasteiger partial charge in [-0.2, -0.15) is 0 Å². The minimum absolute atomic E-state index is 0.0832. The number of thiocarbonyl (C=S) groups is 1. The molecule has 9 nitrogen and oxygen atoms in total. The van der Waals surface area contributed by atoms with Gasteiger partial charge in [0.2, 0.25) is 0 Å². The van der Waals surface area contributed by atoms with Crippen LogP contribution in [0.3, 0.4) is 0 Å². The number of nitro groups is 1. The normalized spacial score (nSPS) is 9.93. The van der Waals surface area contributed by atoms with Crippen molar-refractivity contribution in [1.82, 2.24) is 16.2 Å². The van der Waals surface area contributed by atoms with Crippen LogP contribution in [-0.2, 0) is 4.79 Å². The van der Waals surface area contributed by atoms with Crippen LogP contribution in [0.2, 0.25) is 0 Å². The number of nitrogens with one attached hydrogen (secondary N) is 3. The van der Waals surface area contributed by atoms with Gasteiger partial charge in [-0.05, 0) is 49.0 Å². The average Bonchev–Trinajstić information content (AvgIpc) is 2.67. The Bertz CT molecular complexity index is 920. The fraction of sp³-hybridized carbons (Fsp3) is 0.118. The van der Waals surface area contributed by atoms with Gasteiger partial charge < -0.3 is 4.74 Å². The number of hydrazine groups is 1. The molecule has 0 saturated heterocycles. The highest BCUT2D eigenvalue weighted by Gasteiger charge is 2.10. The predicted molar refractivity (Wildman–Crippen MR) is 109 cm³/mol. The van der Waals surface area contributed by atoms with Gasteiger partial charge in [-0.1, -0.05) is 22.0 Å². The number of benzene rings is 2. The maximum atomic E-state index is 12.1. The van der Waals surface area contributed by atoms with Crippen LogP contribution in [-0.4, -0.2) is 28.5 Å². The fourth-order valence-electron chi connectivity index (χ4n) is 1.92. The Balaban J connectivity index is 1.75. The second-order valence-corrected chi connectivity index (χ2v) is 6.72. The number of nitrogens with zero attached hydrogens (tertiary/aromatic N) is 1. The number of halogens is 1. The Kier molecular flexibility index (Phi) is 7.41. The van der Waals surface area contributed by atoms with Crippen molar-refractivity contribution in [3.8, 4) is 5.75 Å². The van der Waals surface area contributed by atoms with Gasteiger partial charge >= 0.3 is 0 Å². The van der Waals surface area contributed by atoms with E-state index in [1.165, 1.54) is 24.3 Å². The third-order valence-corrected chi connectivity index (χ3v) is 4.45. The molecule has 2 aromatic carbocycles. The van der Waals surface area contributed by atoms with E-state index in [4.69, 9.17) is 17.0 Å². The van der Waals surface area contributed by atoms with Crippen molar-refractivity contribution in [3.63, 3.8) is 0 Å². The van der Waals surface area contributed by atoms with E-state index in [0.29, 0.717) is 11.3 Å². The van der Waals surface area contributed by atoms with E-state index in [-0.39, 0.29) is 17.4 Å². The van der Waals surface area contributed by atoms with E-state index in [2.05, 4.69) is 32.1 Å². The molecule has 0 bridgehead atoms. The number of nitro benzene ring substituents is 1. The molecule has 146 valence electrons. The van der Waals surface area contributed by atoms with E-state index in [0.717, 1.165) is 10.0 Å². The summed E-state index contributed by atoms with van der Waals surface area (Å²) in [5, 5.41) is 12.9. The van der Waals surface area contributed by atoms with Gasteiger partial charge in [0.05, 0.1) is 4.92 Å². The van der Waals surface area contributed by atoms with Gasteiger partial charge in [-0.25, -0.2) is 0 Å². The Labute approximate surface area is 173 Å². The van der Waals surface area contributed by atoms with Gasteiger partial charge in [0.1, 0.15) is 5.75 Å². The number of amides is 2. The highest BCUT2D eigenvalue weighted by molar-refractivity contribution is 9.10. The number of carbonyl (C=O) groups excluding carboxylic acids is 2. The summed E-state index contributed by atoms with van der Waals surface area (Å²) in [5.41, 5.74) is 5.96. The van der Waals surface area contributed by atoms with Crippen LogP contribution >= 0.6 is 28.1 Å². The van der Waals surface area contributed by atoms with Crippen molar-refractivity contribution in [2.45, 2.75) is 6.92 Å². The molecule has 0 aromatic heterocycles. The smallest absolute Gasteiger partial charge is 0.276 e. The van der Waals surface area contributed by atoms with Crippen molar-refractivity contribution < 1.29 is 19.2 Å². The number of carbonyl (C=O) groups is 2. The topological polar surface area (TPSA) is 123 Å². The Morgan fingerprint density at radius 1 is 1.18 bits per heavy atom. The second kappa shape index (κ2) is 9.76. The van der Waals surface area contributed by atoms with Crippen LogP contribution in [0.5, 0.6) is 5.75 Å². The molecular weight excluding hydrogens is 452 g/mol. The number of non-ortho nitro benzene ring substituents is 1. The Morgan fingerprint density at radius 2 is 1.86 bits per heavy atom. The zero-order valence-corrected chi connectivity index (χ0v) is 16.9. The van der Waals surface area contributed by atoms with Crippen LogP contribution in [0.25, 0.3) is 0 Å². The number of hydrogen-bond donors (Lipinski definition) is 3. The first-order valence-electron chi connectivity index (χ1n) is 7.80. The van der Waals surface area contributed by atoms with Gasteiger partial charge in [0.25, 0.3) is 17.5 Å². The summed E-state index contributed by atoms with van der Waals surface area (Å²) in [4.78, 5) is 33.9. The largest absolute Gasteiger partial charge is 0.484 e. The van der Waals surface area contributed by atoms with Crippen molar-refractivity contribution in [2.24, 2.45) is 0 Å². The lowest BCUT2D eigenvalue weighted by Gasteiger charge is -2.11. The third kappa shape index (κ3) is 6.28. The summed E-state index contributed by atoms with van der Waals surface area (Å²) < 4.78 is 5.99. The molecule has 3 N–H and O–H groups in total. The molecule has 0 spiro atoms. The fourth-order valence-corrected chi connectivity index (χ4v) is 2.44. The Hall–Kier alpha value is -3.05. The lowest BCUT2D eigenvalue weighted by molar-refractivity contribution is -0.384. The van der Waals surface area contributed by atoms with Crippen LogP contribution in [0, 0.1) is 17.0 Å². The maximum Gasteiger partial charge on any atom is 0.276 e. The molecule has 0 aliphatic carbocycles. The monoisotopic (exact) mass is 466 g/mol. The standard InChI is InChI=1S/C17H15BrN4O5S/c1-10-2-3-11(8-14(10)18)16(24)19-17(28)21-20-15(23)9-27-13-6-4-12(5-7-13)22(25)26/h2-8H,9H2,1H3,(H,20,23)(H2,19,21,24,28). The molecule has 2 aromatic rings. The summed E-state index contributed by atoms with van der Waals surface area (Å²) in [7, 11) is 0. The zero-order valence-electron chi connectivity index (χ0n) is 14.5. The van der Waals surface area contributed by atoms with Crippen LogP contribution in [0.15, 0.2) is 46.9 Å². The van der Waals surface area contributed by atoms with Crippen molar-refractivity contribution >= 4 is 50.8 Å². The molecule has 0 radical (unpaired) electrons. The number of rotatable bonds is 5. The second-order valence-electron chi connectivity index (χ2n) is 5.46. The molecule has 0 saturated carbocycles. The quantitative estimate of drug-likeness (QED) is 0.351. The first-order chi connectivity index (χ1) is 13.3. The summed E-state index contributed by atoms with van der Waals surface area (Å²) >= 11 is 8.29. The van der Waals surface area contributed by atoms with Gasteiger partial charge in [0, 0.05) is 22.2 Å². The minimum Gasteiger partial charge on any atom is -0.484 e. The molecule has 2 rings (SSSR count). The van der Waals surface area contributed by atoms with Crippen LogP contribution in [0.1, 0.15) is 15.9 Å². The van der Waals surface area contributed by atoms with E-state index >= 15 is 0 Å². The molecule has 0 fully saturated rings. The molecule has 0 aliphatic rings. The molecular formula is C17H15BrN4O5S. The molecule has 0 heterocycles. The van der Waals surface area contributed by atoms with Crippen molar-refractivity contribution in [1.29, 1.82) is 0 Å². The van der Waals surface area contributed by atoms with E-state index in [1.54, 1.807) is 18.2 Å². The zero-order chi connectivity index (χ0) is 20.7. The summed E-state index contributed by atoms with van der Waals surface area (Å²) in [6.07, 6.45) is 0. The summed E-state index contributed by atoms with van der Waals surface area (Å²) in [5.74, 6) is -0.704. The molecule has 0 aliphatic heterocycles. The van der Waals surface area contributed by atoms with E-state index in [9.17, 15) is 19.7 Å². The van der Waals surface area contributed by atoms with Crippen molar-refractivity contribution in [2.75, 3.05) is 6.61 Å². The highest BCUT2D eigenvalue weighted by Crippen LogP contribution is 2.18.